The molecule has 1 unspecified atom stereocenters. The van der Waals surface area contributed by atoms with Crippen molar-refractivity contribution in [2.75, 3.05) is 21.3 Å². The number of hydrogen-bond donors (Lipinski definition) is 1. The van der Waals surface area contributed by atoms with Crippen LogP contribution in [0, 0.1) is 6.92 Å². The van der Waals surface area contributed by atoms with E-state index in [-0.39, 0.29) is 4.90 Å². The molecule has 4 aromatic rings. The minimum atomic E-state index is -4.11. The van der Waals surface area contributed by atoms with Crippen molar-refractivity contribution in [3.63, 3.8) is 0 Å². The second kappa shape index (κ2) is 11.4. The first-order valence-corrected chi connectivity index (χ1v) is 15.1. The molecule has 4 rings (SSSR count). The Hall–Kier alpha value is -3.58. The van der Waals surface area contributed by atoms with Crippen molar-refractivity contribution in [2.45, 2.75) is 17.6 Å². The summed E-state index contributed by atoms with van der Waals surface area (Å²) in [7, 11) is -3.39. The van der Waals surface area contributed by atoms with Gasteiger partial charge in [0.2, 0.25) is 15.8 Å². The van der Waals surface area contributed by atoms with E-state index in [2.05, 4.69) is 4.72 Å². The highest BCUT2D eigenvalue weighted by Gasteiger charge is 2.41. The van der Waals surface area contributed by atoms with E-state index >= 15 is 4.57 Å². The second-order valence-electron chi connectivity index (χ2n) is 8.62. The van der Waals surface area contributed by atoms with Crippen molar-refractivity contribution >= 4 is 27.8 Å². The minimum absolute atomic E-state index is 0.0632. The fourth-order valence-corrected chi connectivity index (χ4v) is 9.05. The third kappa shape index (κ3) is 5.34. The Morgan fingerprint density at radius 3 is 1.61 bits per heavy atom. The topological polar surface area (TPSA) is 90.9 Å². The first-order chi connectivity index (χ1) is 18.2. The Morgan fingerprint density at radius 2 is 1.18 bits per heavy atom. The number of rotatable bonds is 10. The largest absolute Gasteiger partial charge is 0.493 e. The van der Waals surface area contributed by atoms with Crippen LogP contribution in [0.15, 0.2) is 102 Å². The molecule has 198 valence electrons. The van der Waals surface area contributed by atoms with E-state index in [1.165, 1.54) is 33.5 Å². The zero-order valence-corrected chi connectivity index (χ0v) is 23.3. The monoisotopic (exact) mass is 551 g/mol. The van der Waals surface area contributed by atoms with Crippen molar-refractivity contribution in [1.82, 2.24) is 4.72 Å². The number of aryl methyl sites for hydroxylation is 1. The third-order valence-electron chi connectivity index (χ3n) is 6.24. The highest BCUT2D eigenvalue weighted by molar-refractivity contribution is 7.90. The van der Waals surface area contributed by atoms with Crippen molar-refractivity contribution in [3.8, 4) is 17.2 Å². The molecular formula is C29H30NO6PS. The Balaban J connectivity index is 2.02. The number of nitrogens with one attached hydrogen (secondary N) is 1. The molecule has 9 heteroatoms. The fourth-order valence-electron chi connectivity index (χ4n) is 4.29. The maximum absolute atomic E-state index is 15.4. The van der Waals surface area contributed by atoms with Gasteiger partial charge in [-0.3, -0.25) is 0 Å². The van der Waals surface area contributed by atoms with Gasteiger partial charge in [0, 0.05) is 10.6 Å². The predicted molar refractivity (Wildman–Crippen MR) is 150 cm³/mol. The summed E-state index contributed by atoms with van der Waals surface area (Å²) in [5.41, 5.74) is 1.32. The van der Waals surface area contributed by atoms with E-state index in [9.17, 15) is 8.42 Å². The van der Waals surface area contributed by atoms with Gasteiger partial charge in [-0.1, -0.05) is 78.4 Å². The van der Waals surface area contributed by atoms with E-state index in [4.69, 9.17) is 14.2 Å². The van der Waals surface area contributed by atoms with E-state index in [1.807, 2.05) is 19.1 Å². The minimum Gasteiger partial charge on any atom is -0.493 e. The number of sulfonamides is 1. The lowest BCUT2D eigenvalue weighted by molar-refractivity contribution is 0.323. The summed E-state index contributed by atoms with van der Waals surface area (Å²) in [6.45, 7) is 1.88. The second-order valence-corrected chi connectivity index (χ2v) is 13.2. The molecule has 0 saturated carbocycles. The average molecular weight is 552 g/mol. The third-order valence-corrected chi connectivity index (χ3v) is 11.1. The first-order valence-electron chi connectivity index (χ1n) is 11.8. The summed E-state index contributed by atoms with van der Waals surface area (Å²) in [5, 5.41) is 0.994. The molecule has 1 atom stereocenters. The predicted octanol–water partition coefficient (Wildman–Crippen LogP) is 5.01. The smallest absolute Gasteiger partial charge is 0.241 e. The van der Waals surface area contributed by atoms with Crippen molar-refractivity contribution in [2.24, 2.45) is 0 Å². The van der Waals surface area contributed by atoms with Gasteiger partial charge in [0.15, 0.2) is 18.6 Å². The van der Waals surface area contributed by atoms with Gasteiger partial charge in [0.05, 0.1) is 26.2 Å². The van der Waals surface area contributed by atoms with Gasteiger partial charge in [-0.05, 0) is 36.8 Å². The van der Waals surface area contributed by atoms with Gasteiger partial charge < -0.3 is 18.8 Å². The molecule has 0 heterocycles. The molecular weight excluding hydrogens is 521 g/mol. The molecule has 38 heavy (non-hydrogen) atoms. The summed E-state index contributed by atoms with van der Waals surface area (Å²) >= 11 is 0. The molecule has 0 aromatic heterocycles. The molecule has 0 radical (unpaired) electrons. The van der Waals surface area contributed by atoms with Crippen LogP contribution in [0.3, 0.4) is 0 Å². The van der Waals surface area contributed by atoms with Gasteiger partial charge in [0.1, 0.15) is 5.78 Å². The van der Waals surface area contributed by atoms with Crippen LogP contribution in [0.4, 0.5) is 0 Å². The van der Waals surface area contributed by atoms with Crippen molar-refractivity contribution in [3.05, 3.63) is 108 Å². The SMILES string of the molecule is COc1cc(C(NS(=O)(=O)c2ccc(C)cc2)P(=O)(c2ccccc2)c2ccccc2)cc(OC)c1OC. The quantitative estimate of drug-likeness (QED) is 0.279. The fraction of sp³-hybridized carbons (Fsp3) is 0.172. The van der Waals surface area contributed by atoms with Crippen LogP contribution in [0.1, 0.15) is 16.9 Å². The van der Waals surface area contributed by atoms with Crippen LogP contribution in [0.5, 0.6) is 17.2 Å². The highest BCUT2D eigenvalue weighted by Crippen LogP contribution is 2.57. The van der Waals surface area contributed by atoms with Crippen molar-refractivity contribution in [1.29, 1.82) is 0 Å². The molecule has 0 aliphatic rings. The van der Waals surface area contributed by atoms with E-state index < -0.39 is 22.9 Å². The molecule has 0 aliphatic carbocycles. The van der Waals surface area contributed by atoms with Gasteiger partial charge >= 0.3 is 0 Å². The standard InChI is InChI=1S/C29H30NO6PS/c1-21-15-17-25(18-16-21)38(32,33)30-29(22-19-26(34-2)28(36-4)27(20-22)35-3)37(31,23-11-7-5-8-12-23)24-13-9-6-10-14-24/h5-20,29-30H,1-4H3. The Bertz CT molecular complexity index is 1470. The average Bonchev–Trinajstić information content (AvgIpc) is 2.95. The van der Waals surface area contributed by atoms with Crippen LogP contribution in [-0.4, -0.2) is 29.7 Å². The zero-order chi connectivity index (χ0) is 27.3. The van der Waals surface area contributed by atoms with Gasteiger partial charge in [0.25, 0.3) is 0 Å². The summed E-state index contributed by atoms with van der Waals surface area (Å²) in [6.07, 6.45) is 0. The Kier molecular flexibility index (Phi) is 8.26. The molecule has 4 aromatic carbocycles. The molecule has 0 bridgehead atoms. The van der Waals surface area contributed by atoms with Gasteiger partial charge in [-0.25, -0.2) is 8.42 Å². The van der Waals surface area contributed by atoms with Gasteiger partial charge in [-0.2, -0.15) is 4.72 Å². The number of hydrogen-bond acceptors (Lipinski definition) is 6. The van der Waals surface area contributed by atoms with Crippen LogP contribution in [0.25, 0.3) is 0 Å². The number of ether oxygens (including phenoxy) is 3. The highest BCUT2D eigenvalue weighted by atomic mass is 32.2. The van der Waals surface area contributed by atoms with Crippen LogP contribution >= 0.6 is 7.14 Å². The number of methoxy groups -OCH3 is 3. The first kappa shape index (κ1) is 27.5. The lowest BCUT2D eigenvalue weighted by atomic mass is 10.2. The molecule has 1 N–H and O–H groups in total. The van der Waals surface area contributed by atoms with Crippen LogP contribution in [-0.2, 0) is 14.6 Å². The molecule has 0 fully saturated rings. The van der Waals surface area contributed by atoms with Gasteiger partial charge in [-0.15, -0.1) is 0 Å². The Morgan fingerprint density at radius 1 is 0.711 bits per heavy atom. The van der Waals surface area contributed by atoms with Crippen LogP contribution < -0.4 is 29.5 Å². The summed E-state index contributed by atoms with van der Waals surface area (Å²) < 4.78 is 62.2. The molecule has 0 aliphatic heterocycles. The summed E-state index contributed by atoms with van der Waals surface area (Å²) in [4.78, 5) is 0.0632. The molecule has 0 amide bonds. The number of benzene rings is 4. The lowest BCUT2D eigenvalue weighted by Gasteiger charge is -2.30. The van der Waals surface area contributed by atoms with E-state index in [1.54, 1.807) is 72.8 Å². The normalized spacial score (nSPS) is 12.5. The molecule has 7 nitrogen and oxygen atoms in total. The Labute approximate surface area is 223 Å². The molecule has 0 saturated heterocycles. The summed E-state index contributed by atoms with van der Waals surface area (Å²) in [5.74, 6) is -0.233. The maximum Gasteiger partial charge on any atom is 0.241 e. The zero-order valence-electron chi connectivity index (χ0n) is 21.6. The lowest BCUT2D eigenvalue weighted by Crippen LogP contribution is -2.34. The summed E-state index contributed by atoms with van der Waals surface area (Å²) in [6, 6.07) is 27.5. The van der Waals surface area contributed by atoms with Crippen molar-refractivity contribution < 1.29 is 27.2 Å². The maximum atomic E-state index is 15.4. The van der Waals surface area contributed by atoms with E-state index in [0.29, 0.717) is 33.4 Å². The molecule has 0 spiro atoms. The van der Waals surface area contributed by atoms with E-state index in [0.717, 1.165) is 5.56 Å². The van der Waals surface area contributed by atoms with Crippen LogP contribution in [0.2, 0.25) is 0 Å².